The number of benzene rings is 1. The van der Waals surface area contributed by atoms with Crippen LogP contribution in [-0.4, -0.2) is 44.3 Å². The molecule has 0 amide bonds. The molecule has 1 aromatic carbocycles. The maximum atomic E-state index is 5.50. The Morgan fingerprint density at radius 3 is 2.81 bits per heavy atom. The predicted molar refractivity (Wildman–Crippen MR) is 112 cm³/mol. The van der Waals surface area contributed by atoms with Gasteiger partial charge in [0.15, 0.2) is 17.5 Å². The summed E-state index contributed by atoms with van der Waals surface area (Å²) in [5, 5.41) is 7.49. The molecule has 2 N–H and O–H groups in total. The summed E-state index contributed by atoms with van der Waals surface area (Å²) in [6, 6.07) is 4.11. The highest BCUT2D eigenvalue weighted by molar-refractivity contribution is 8.00. The first-order valence-electron chi connectivity index (χ1n) is 9.20. The van der Waals surface area contributed by atoms with Crippen molar-refractivity contribution in [1.82, 2.24) is 10.6 Å². The maximum absolute atomic E-state index is 5.50. The van der Waals surface area contributed by atoms with Crippen molar-refractivity contribution in [2.75, 3.05) is 33.1 Å². The molecule has 1 heterocycles. The molecule has 1 aliphatic rings. The first-order valence-corrected chi connectivity index (χ1v) is 10.2. The highest BCUT2D eigenvalue weighted by Crippen LogP contribution is 2.33. The van der Waals surface area contributed by atoms with Gasteiger partial charge in [0.25, 0.3) is 0 Å². The first kappa shape index (κ1) is 20.5. The predicted octanol–water partition coefficient (Wildman–Crippen LogP) is 3.38. The number of nitrogens with one attached hydrogen (secondary N) is 2. The molecule has 1 aliphatic heterocycles. The zero-order valence-corrected chi connectivity index (χ0v) is 17.0. The van der Waals surface area contributed by atoms with Gasteiger partial charge in [-0.3, -0.25) is 0 Å². The Morgan fingerprint density at radius 1 is 1.35 bits per heavy atom. The number of aliphatic imine (C=N–C) groups is 1. The van der Waals surface area contributed by atoms with Crippen LogP contribution < -0.4 is 20.1 Å². The van der Waals surface area contributed by atoms with Gasteiger partial charge in [-0.1, -0.05) is 6.08 Å². The molecular weight excluding hydrogens is 346 g/mol. The largest absolute Gasteiger partial charge is 0.493 e. The van der Waals surface area contributed by atoms with Gasteiger partial charge in [-0.25, -0.2) is 4.99 Å². The second kappa shape index (κ2) is 11.0. The van der Waals surface area contributed by atoms with Gasteiger partial charge in [-0.15, -0.1) is 6.58 Å². The second-order valence-corrected chi connectivity index (χ2v) is 7.60. The standard InChI is InChI=1S/C20H31N3O2S/c1-5-8-16-11-15(12-18(24-3)19(16)25-4)13-22-20(21-6-2)23-14-17-9-7-10-26-17/h5,11-12,17H,1,6-10,13-14H2,2-4H3,(H2,21,22,23). The van der Waals surface area contributed by atoms with E-state index in [4.69, 9.17) is 14.5 Å². The first-order chi connectivity index (χ1) is 12.7. The van der Waals surface area contributed by atoms with Crippen LogP contribution in [0.5, 0.6) is 11.5 Å². The Kier molecular flexibility index (Phi) is 8.68. The number of ether oxygens (including phenoxy) is 2. The molecule has 144 valence electrons. The normalized spacial score (nSPS) is 17.0. The molecule has 26 heavy (non-hydrogen) atoms. The number of rotatable bonds is 9. The molecule has 0 spiro atoms. The van der Waals surface area contributed by atoms with E-state index < -0.39 is 0 Å². The fourth-order valence-electron chi connectivity index (χ4n) is 3.03. The lowest BCUT2D eigenvalue weighted by molar-refractivity contribution is 0.352. The molecule has 1 aromatic rings. The third kappa shape index (κ3) is 5.87. The average Bonchev–Trinajstić information content (AvgIpc) is 3.17. The maximum Gasteiger partial charge on any atom is 0.191 e. The minimum atomic E-state index is 0.581. The molecule has 5 nitrogen and oxygen atoms in total. The van der Waals surface area contributed by atoms with Crippen LogP contribution >= 0.6 is 11.8 Å². The minimum Gasteiger partial charge on any atom is -0.493 e. The lowest BCUT2D eigenvalue weighted by Crippen LogP contribution is -2.40. The van der Waals surface area contributed by atoms with Crippen molar-refractivity contribution in [3.8, 4) is 11.5 Å². The van der Waals surface area contributed by atoms with Crippen LogP contribution in [0.4, 0.5) is 0 Å². The van der Waals surface area contributed by atoms with Crippen LogP contribution in [0.1, 0.15) is 30.9 Å². The van der Waals surface area contributed by atoms with Crippen molar-refractivity contribution in [2.45, 2.75) is 38.0 Å². The van der Waals surface area contributed by atoms with Crippen LogP contribution in [0, 0.1) is 0 Å². The van der Waals surface area contributed by atoms with E-state index in [2.05, 4.69) is 30.2 Å². The minimum absolute atomic E-state index is 0.581. The number of guanidine groups is 1. The van der Waals surface area contributed by atoms with E-state index >= 15 is 0 Å². The highest BCUT2D eigenvalue weighted by Gasteiger charge is 2.16. The fourth-order valence-corrected chi connectivity index (χ4v) is 4.23. The average molecular weight is 378 g/mol. The number of allylic oxidation sites excluding steroid dienone is 1. The van der Waals surface area contributed by atoms with Crippen molar-refractivity contribution in [2.24, 2.45) is 4.99 Å². The Bertz CT molecular complexity index is 613. The molecule has 1 atom stereocenters. The van der Waals surface area contributed by atoms with E-state index in [0.717, 1.165) is 48.1 Å². The summed E-state index contributed by atoms with van der Waals surface area (Å²) in [7, 11) is 3.32. The Labute approximate surface area is 161 Å². The summed E-state index contributed by atoms with van der Waals surface area (Å²) in [4.78, 5) is 4.74. The smallest absolute Gasteiger partial charge is 0.191 e. The summed E-state index contributed by atoms with van der Waals surface area (Å²) in [6.07, 6.45) is 5.21. The summed E-state index contributed by atoms with van der Waals surface area (Å²) in [6.45, 7) is 8.30. The quantitative estimate of drug-likeness (QED) is 0.392. The second-order valence-electron chi connectivity index (χ2n) is 6.19. The SMILES string of the molecule is C=CCc1cc(CN=C(NCC)NCC2CCCS2)cc(OC)c1OC. The van der Waals surface area contributed by atoms with E-state index in [9.17, 15) is 0 Å². The molecule has 6 heteroatoms. The molecular formula is C20H31N3O2S. The number of hydrogen-bond acceptors (Lipinski definition) is 4. The summed E-state index contributed by atoms with van der Waals surface area (Å²) >= 11 is 2.05. The topological polar surface area (TPSA) is 54.9 Å². The number of nitrogens with zero attached hydrogens (tertiary/aromatic N) is 1. The van der Waals surface area contributed by atoms with Crippen molar-refractivity contribution in [1.29, 1.82) is 0 Å². The number of hydrogen-bond donors (Lipinski definition) is 2. The van der Waals surface area contributed by atoms with Gasteiger partial charge in [0.1, 0.15) is 0 Å². The van der Waals surface area contributed by atoms with Crippen LogP contribution in [0.15, 0.2) is 29.8 Å². The zero-order chi connectivity index (χ0) is 18.8. The van der Waals surface area contributed by atoms with E-state index in [-0.39, 0.29) is 0 Å². The van der Waals surface area contributed by atoms with Gasteiger partial charge in [0.2, 0.25) is 0 Å². The fraction of sp³-hybridized carbons (Fsp3) is 0.550. The van der Waals surface area contributed by atoms with E-state index in [1.165, 1.54) is 18.6 Å². The zero-order valence-electron chi connectivity index (χ0n) is 16.1. The summed E-state index contributed by atoms with van der Waals surface area (Å²) < 4.78 is 11.0. The Balaban J connectivity index is 2.10. The van der Waals surface area contributed by atoms with Crippen molar-refractivity contribution in [3.63, 3.8) is 0 Å². The van der Waals surface area contributed by atoms with Gasteiger partial charge in [0, 0.05) is 23.9 Å². The van der Waals surface area contributed by atoms with Crippen LogP contribution in [0.25, 0.3) is 0 Å². The van der Waals surface area contributed by atoms with Gasteiger partial charge >= 0.3 is 0 Å². The van der Waals surface area contributed by atoms with Crippen LogP contribution in [-0.2, 0) is 13.0 Å². The Morgan fingerprint density at radius 2 is 2.19 bits per heavy atom. The van der Waals surface area contributed by atoms with Crippen molar-refractivity contribution >= 4 is 17.7 Å². The third-order valence-electron chi connectivity index (χ3n) is 4.26. The molecule has 0 saturated carbocycles. The number of methoxy groups -OCH3 is 2. The van der Waals surface area contributed by atoms with Gasteiger partial charge < -0.3 is 20.1 Å². The molecule has 0 aliphatic carbocycles. The lowest BCUT2D eigenvalue weighted by Gasteiger charge is -2.16. The molecule has 0 aromatic heterocycles. The van der Waals surface area contributed by atoms with Crippen molar-refractivity contribution in [3.05, 3.63) is 35.9 Å². The molecule has 1 fully saturated rings. The van der Waals surface area contributed by atoms with Crippen LogP contribution in [0.2, 0.25) is 0 Å². The van der Waals surface area contributed by atoms with Gasteiger partial charge in [-0.2, -0.15) is 11.8 Å². The molecule has 1 saturated heterocycles. The van der Waals surface area contributed by atoms with Crippen molar-refractivity contribution < 1.29 is 9.47 Å². The summed E-state index contributed by atoms with van der Waals surface area (Å²) in [5.74, 6) is 3.64. The molecule has 1 unspecified atom stereocenters. The Hall–Kier alpha value is -1.82. The van der Waals surface area contributed by atoms with E-state index in [1.54, 1.807) is 14.2 Å². The van der Waals surface area contributed by atoms with Gasteiger partial charge in [-0.05, 0) is 49.6 Å². The van der Waals surface area contributed by atoms with E-state index in [1.807, 2.05) is 23.9 Å². The highest BCUT2D eigenvalue weighted by atomic mass is 32.2. The molecule has 2 rings (SSSR count). The molecule has 0 bridgehead atoms. The van der Waals surface area contributed by atoms with E-state index in [0.29, 0.717) is 11.8 Å². The summed E-state index contributed by atoms with van der Waals surface area (Å²) in [5.41, 5.74) is 2.15. The number of thioether (sulfide) groups is 1. The third-order valence-corrected chi connectivity index (χ3v) is 5.66. The van der Waals surface area contributed by atoms with Crippen LogP contribution in [0.3, 0.4) is 0 Å². The lowest BCUT2D eigenvalue weighted by atomic mass is 10.1. The monoisotopic (exact) mass is 377 g/mol. The molecule has 0 radical (unpaired) electrons. The van der Waals surface area contributed by atoms with Gasteiger partial charge in [0.05, 0.1) is 20.8 Å².